The lowest BCUT2D eigenvalue weighted by atomic mass is 9.46. The predicted molar refractivity (Wildman–Crippen MR) is 109 cm³/mol. The Morgan fingerprint density at radius 2 is 2.00 bits per heavy atom. The molecule has 0 aromatic carbocycles. The molecule has 0 spiro atoms. The molecule has 0 radical (unpaired) electrons. The van der Waals surface area contributed by atoms with Crippen LogP contribution < -0.4 is 0 Å². The smallest absolute Gasteiger partial charge is 0.305 e. The molecule has 3 fully saturated rings. The maximum atomic E-state index is 13.0. The Morgan fingerprint density at radius 3 is 2.70 bits per heavy atom. The topological polar surface area (TPSA) is 101 Å². The monoisotopic (exact) mass is 416 g/mol. The summed E-state index contributed by atoms with van der Waals surface area (Å²) in [5.41, 5.74) is -1.67. The number of aliphatic hydroxyl groups is 2. The van der Waals surface area contributed by atoms with Crippen molar-refractivity contribution in [2.45, 2.75) is 71.0 Å². The summed E-state index contributed by atoms with van der Waals surface area (Å²) in [6.07, 6.45) is 7.70. The van der Waals surface area contributed by atoms with Crippen LogP contribution in [0.3, 0.4) is 0 Å². The maximum Gasteiger partial charge on any atom is 0.305 e. The molecule has 30 heavy (non-hydrogen) atoms. The molecular formula is C24H32O6. The summed E-state index contributed by atoms with van der Waals surface area (Å²) in [5.74, 6) is -0.738. The molecule has 4 aliphatic carbocycles. The zero-order chi connectivity index (χ0) is 21.9. The fraction of sp³-hybridized carbons (Fsp3) is 0.708. The van der Waals surface area contributed by atoms with Crippen LogP contribution in [0.25, 0.3) is 0 Å². The molecule has 6 heteroatoms. The Bertz CT molecular complexity index is 843. The SMILES string of the molecule is CCC(=O)OCC(=O)[C@]1(O)CC[C@H]2[C@@H]3CCC4=CC(=O)C=C[C@]4(C)[C@H]3[C@H](O)C[C@@]21C. The van der Waals surface area contributed by atoms with Crippen LogP contribution in [0, 0.1) is 28.6 Å². The number of fused-ring (bicyclic) bond motifs is 5. The molecule has 0 aromatic rings. The summed E-state index contributed by atoms with van der Waals surface area (Å²) in [6, 6.07) is 0. The fourth-order valence-corrected chi connectivity index (χ4v) is 7.16. The van der Waals surface area contributed by atoms with Crippen molar-refractivity contribution in [3.63, 3.8) is 0 Å². The molecule has 4 rings (SSSR count). The van der Waals surface area contributed by atoms with Crippen LogP contribution in [-0.4, -0.2) is 46.1 Å². The standard InChI is InChI=1S/C24H32O6/c1-4-20(28)30-13-19(27)24(29)10-8-17-16-6-5-14-11-15(25)7-9-22(14,2)21(16)18(26)12-23(17,24)3/h7,9,11,16-18,21,26,29H,4-6,8,10,12-13H2,1-3H3/t16-,17-,18+,21+,22-,23-,24+/m0/s1. The van der Waals surface area contributed by atoms with Crippen LogP contribution in [0.4, 0.5) is 0 Å². The van der Waals surface area contributed by atoms with E-state index in [1.54, 1.807) is 19.1 Å². The molecule has 164 valence electrons. The first-order valence-electron chi connectivity index (χ1n) is 11.1. The van der Waals surface area contributed by atoms with Gasteiger partial charge in [0.2, 0.25) is 5.78 Å². The van der Waals surface area contributed by atoms with E-state index in [-0.39, 0.29) is 35.4 Å². The average molecular weight is 417 g/mol. The van der Waals surface area contributed by atoms with E-state index in [1.165, 1.54) is 0 Å². The van der Waals surface area contributed by atoms with Crippen LogP contribution in [0.5, 0.6) is 0 Å². The second kappa shape index (κ2) is 7.13. The number of ketones is 2. The van der Waals surface area contributed by atoms with Crippen LogP contribution in [0.2, 0.25) is 0 Å². The number of allylic oxidation sites excluding steroid dienone is 4. The highest BCUT2D eigenvalue weighted by molar-refractivity contribution is 6.01. The van der Waals surface area contributed by atoms with Crippen molar-refractivity contribution in [3.05, 3.63) is 23.8 Å². The Hall–Kier alpha value is -1.79. The number of hydrogen-bond acceptors (Lipinski definition) is 6. The molecule has 0 unspecified atom stereocenters. The van der Waals surface area contributed by atoms with Crippen LogP contribution >= 0.6 is 0 Å². The molecule has 0 amide bonds. The highest BCUT2D eigenvalue weighted by Crippen LogP contribution is 2.67. The van der Waals surface area contributed by atoms with Gasteiger partial charge in [-0.25, -0.2) is 0 Å². The minimum absolute atomic E-state index is 0.00136. The molecule has 0 heterocycles. The Kier molecular flexibility index (Phi) is 5.09. The van der Waals surface area contributed by atoms with Gasteiger partial charge in [0.15, 0.2) is 12.4 Å². The van der Waals surface area contributed by atoms with E-state index in [4.69, 9.17) is 4.74 Å². The van der Waals surface area contributed by atoms with Crippen molar-refractivity contribution in [2.24, 2.45) is 28.6 Å². The van der Waals surface area contributed by atoms with Gasteiger partial charge in [-0.3, -0.25) is 14.4 Å². The van der Waals surface area contributed by atoms with Crippen LogP contribution in [-0.2, 0) is 19.1 Å². The number of carbonyl (C=O) groups excluding carboxylic acids is 3. The second-order valence-corrected chi connectivity index (χ2v) is 10.0. The van der Waals surface area contributed by atoms with Gasteiger partial charge in [0.25, 0.3) is 0 Å². The molecule has 0 bridgehead atoms. The van der Waals surface area contributed by atoms with Crippen molar-refractivity contribution in [1.82, 2.24) is 0 Å². The van der Waals surface area contributed by atoms with Crippen molar-refractivity contribution in [3.8, 4) is 0 Å². The van der Waals surface area contributed by atoms with E-state index in [1.807, 2.05) is 13.0 Å². The normalized spacial score (nSPS) is 44.6. The van der Waals surface area contributed by atoms with E-state index in [0.717, 1.165) is 18.4 Å². The fourth-order valence-electron chi connectivity index (χ4n) is 7.16. The number of carbonyl (C=O) groups is 3. The molecule has 2 N–H and O–H groups in total. The van der Waals surface area contributed by atoms with E-state index >= 15 is 0 Å². The third kappa shape index (κ3) is 2.87. The summed E-state index contributed by atoms with van der Waals surface area (Å²) < 4.78 is 5.03. The van der Waals surface area contributed by atoms with Gasteiger partial charge < -0.3 is 14.9 Å². The number of ether oxygens (including phenoxy) is 1. The van der Waals surface area contributed by atoms with E-state index in [0.29, 0.717) is 19.3 Å². The van der Waals surface area contributed by atoms with Gasteiger partial charge in [-0.15, -0.1) is 0 Å². The summed E-state index contributed by atoms with van der Waals surface area (Å²) >= 11 is 0. The largest absolute Gasteiger partial charge is 0.458 e. The average Bonchev–Trinajstić information content (AvgIpc) is 2.97. The van der Waals surface area contributed by atoms with Gasteiger partial charge in [-0.05, 0) is 56.1 Å². The highest BCUT2D eigenvalue weighted by Gasteiger charge is 2.68. The van der Waals surface area contributed by atoms with E-state index in [9.17, 15) is 24.6 Å². The van der Waals surface area contributed by atoms with Crippen LogP contribution in [0.1, 0.15) is 59.3 Å². The molecule has 0 aromatic heterocycles. The third-order valence-electron chi connectivity index (χ3n) is 8.76. The van der Waals surface area contributed by atoms with Crippen LogP contribution in [0.15, 0.2) is 23.8 Å². The van der Waals surface area contributed by atoms with Crippen molar-refractivity contribution in [2.75, 3.05) is 6.61 Å². The Labute approximate surface area is 177 Å². The van der Waals surface area contributed by atoms with Gasteiger partial charge in [0.05, 0.1) is 6.10 Å². The van der Waals surface area contributed by atoms with Gasteiger partial charge in [-0.1, -0.05) is 32.4 Å². The first-order valence-corrected chi connectivity index (χ1v) is 11.1. The number of aliphatic hydroxyl groups excluding tert-OH is 1. The lowest BCUT2D eigenvalue weighted by molar-refractivity contribution is -0.181. The van der Waals surface area contributed by atoms with Gasteiger partial charge in [0.1, 0.15) is 5.60 Å². The van der Waals surface area contributed by atoms with Gasteiger partial charge in [0, 0.05) is 23.2 Å². The van der Waals surface area contributed by atoms with Gasteiger partial charge in [-0.2, -0.15) is 0 Å². The van der Waals surface area contributed by atoms with Crippen molar-refractivity contribution in [1.29, 1.82) is 0 Å². The molecule has 7 atom stereocenters. The van der Waals surface area contributed by atoms with Crippen molar-refractivity contribution < 1.29 is 29.3 Å². The van der Waals surface area contributed by atoms with Gasteiger partial charge >= 0.3 is 5.97 Å². The first kappa shape index (κ1) is 21.4. The molecule has 3 saturated carbocycles. The second-order valence-electron chi connectivity index (χ2n) is 10.0. The van der Waals surface area contributed by atoms with E-state index in [2.05, 4.69) is 6.92 Å². The number of esters is 1. The molecule has 6 nitrogen and oxygen atoms in total. The third-order valence-corrected chi connectivity index (χ3v) is 8.76. The molecule has 0 saturated heterocycles. The van der Waals surface area contributed by atoms with E-state index < -0.39 is 35.5 Å². The summed E-state index contributed by atoms with van der Waals surface area (Å²) in [5, 5.41) is 22.8. The first-order chi connectivity index (χ1) is 14.1. The Morgan fingerprint density at radius 1 is 1.27 bits per heavy atom. The summed E-state index contributed by atoms with van der Waals surface area (Å²) in [6.45, 7) is 5.25. The summed E-state index contributed by atoms with van der Waals surface area (Å²) in [7, 11) is 0. The minimum Gasteiger partial charge on any atom is -0.458 e. The molecule has 4 aliphatic rings. The molecular weight excluding hydrogens is 384 g/mol. The highest BCUT2D eigenvalue weighted by atomic mass is 16.5. The zero-order valence-corrected chi connectivity index (χ0v) is 18.0. The lowest BCUT2D eigenvalue weighted by Crippen LogP contribution is -2.61. The lowest BCUT2D eigenvalue weighted by Gasteiger charge is -2.59. The number of hydrogen-bond donors (Lipinski definition) is 2. The minimum atomic E-state index is -1.60. The zero-order valence-electron chi connectivity index (χ0n) is 18.0. The predicted octanol–water partition coefficient (Wildman–Crippen LogP) is 2.52. The number of rotatable bonds is 4. The quantitative estimate of drug-likeness (QED) is 0.683. The Balaban J connectivity index is 1.63. The van der Waals surface area contributed by atoms with Crippen molar-refractivity contribution >= 4 is 17.5 Å². The summed E-state index contributed by atoms with van der Waals surface area (Å²) in [4.78, 5) is 36.4. The molecule has 0 aliphatic heterocycles. The number of Topliss-reactive ketones (excluding diaryl/α,β-unsaturated/α-hetero) is 1. The maximum absolute atomic E-state index is 13.0.